The van der Waals surface area contributed by atoms with Gasteiger partial charge in [-0.1, -0.05) is 39.0 Å². The molecule has 1 aliphatic rings. The summed E-state index contributed by atoms with van der Waals surface area (Å²) in [6.45, 7) is 9.42. The van der Waals surface area contributed by atoms with Crippen molar-refractivity contribution in [1.82, 2.24) is 10.2 Å². The van der Waals surface area contributed by atoms with Crippen molar-refractivity contribution in [1.29, 1.82) is 0 Å². The van der Waals surface area contributed by atoms with Crippen molar-refractivity contribution in [2.24, 2.45) is 5.92 Å². The fourth-order valence-electron chi connectivity index (χ4n) is 2.77. The fourth-order valence-corrected chi connectivity index (χ4v) is 2.77. The third kappa shape index (κ3) is 3.54. The highest BCUT2D eigenvalue weighted by atomic mass is 19.1. The molecule has 1 aromatic rings. The highest BCUT2D eigenvalue weighted by molar-refractivity contribution is 5.17. The van der Waals surface area contributed by atoms with Crippen LogP contribution in [0.5, 0.6) is 0 Å². The number of halogens is 1. The van der Waals surface area contributed by atoms with Crippen LogP contribution in [0.1, 0.15) is 32.8 Å². The molecule has 2 atom stereocenters. The molecule has 2 unspecified atom stereocenters. The average Bonchev–Trinajstić information content (AvgIpc) is 2.41. The molecule has 1 fully saturated rings. The lowest BCUT2D eigenvalue weighted by Crippen LogP contribution is -2.57. The van der Waals surface area contributed by atoms with Crippen molar-refractivity contribution in [3.8, 4) is 0 Å². The normalized spacial score (nSPS) is 24.9. The molecule has 0 amide bonds. The molecule has 0 radical (unpaired) electrons. The first-order chi connectivity index (χ1) is 9.11. The van der Waals surface area contributed by atoms with E-state index in [1.807, 2.05) is 12.1 Å². The van der Waals surface area contributed by atoms with Crippen LogP contribution in [-0.4, -0.2) is 30.1 Å². The average molecular weight is 264 g/mol. The Bertz CT molecular complexity index is 405. The Balaban J connectivity index is 2.08. The highest BCUT2D eigenvalue weighted by Crippen LogP contribution is 2.19. The molecule has 1 aromatic carbocycles. The third-order valence-electron chi connectivity index (χ3n) is 4.17. The Kier molecular flexibility index (Phi) is 4.94. The summed E-state index contributed by atoms with van der Waals surface area (Å²) in [6.07, 6.45) is 1.10. The lowest BCUT2D eigenvalue weighted by atomic mass is 9.98. The van der Waals surface area contributed by atoms with Gasteiger partial charge in [0.15, 0.2) is 0 Å². The van der Waals surface area contributed by atoms with Crippen LogP contribution in [0.2, 0.25) is 0 Å². The van der Waals surface area contributed by atoms with Gasteiger partial charge < -0.3 is 5.32 Å². The van der Waals surface area contributed by atoms with Crippen molar-refractivity contribution in [3.63, 3.8) is 0 Å². The van der Waals surface area contributed by atoms with E-state index in [9.17, 15) is 4.39 Å². The first-order valence-electron chi connectivity index (χ1n) is 7.32. The summed E-state index contributed by atoms with van der Waals surface area (Å²) in [5.74, 6) is 0.526. The molecule has 1 saturated heterocycles. The zero-order chi connectivity index (χ0) is 13.8. The maximum absolute atomic E-state index is 13.8. The van der Waals surface area contributed by atoms with Gasteiger partial charge in [-0.15, -0.1) is 0 Å². The van der Waals surface area contributed by atoms with E-state index in [1.54, 1.807) is 12.1 Å². The summed E-state index contributed by atoms with van der Waals surface area (Å²) >= 11 is 0. The van der Waals surface area contributed by atoms with Gasteiger partial charge in [0.1, 0.15) is 5.82 Å². The summed E-state index contributed by atoms with van der Waals surface area (Å²) < 4.78 is 13.8. The molecule has 0 aromatic heterocycles. The van der Waals surface area contributed by atoms with Crippen LogP contribution >= 0.6 is 0 Å². The quantitative estimate of drug-likeness (QED) is 0.899. The molecule has 19 heavy (non-hydrogen) atoms. The lowest BCUT2D eigenvalue weighted by molar-refractivity contribution is 0.102. The topological polar surface area (TPSA) is 15.3 Å². The Labute approximate surface area is 116 Å². The van der Waals surface area contributed by atoms with Crippen LogP contribution in [0.25, 0.3) is 0 Å². The fraction of sp³-hybridized carbons (Fsp3) is 0.625. The van der Waals surface area contributed by atoms with E-state index in [4.69, 9.17) is 0 Å². The van der Waals surface area contributed by atoms with Gasteiger partial charge in [0.05, 0.1) is 0 Å². The number of hydrogen-bond acceptors (Lipinski definition) is 2. The van der Waals surface area contributed by atoms with E-state index in [1.165, 1.54) is 0 Å². The predicted molar refractivity (Wildman–Crippen MR) is 77.5 cm³/mol. The van der Waals surface area contributed by atoms with E-state index in [0.29, 0.717) is 18.0 Å². The van der Waals surface area contributed by atoms with E-state index in [0.717, 1.165) is 31.6 Å². The number of rotatable bonds is 4. The molecule has 1 N–H and O–H groups in total. The van der Waals surface area contributed by atoms with Crippen molar-refractivity contribution in [2.75, 3.05) is 13.1 Å². The highest BCUT2D eigenvalue weighted by Gasteiger charge is 2.28. The Morgan fingerprint density at radius 2 is 2.11 bits per heavy atom. The second-order valence-electron chi connectivity index (χ2n) is 5.84. The summed E-state index contributed by atoms with van der Waals surface area (Å²) in [5, 5.41) is 3.61. The summed E-state index contributed by atoms with van der Waals surface area (Å²) in [4.78, 5) is 2.43. The molecular weight excluding hydrogens is 239 g/mol. The zero-order valence-corrected chi connectivity index (χ0v) is 12.2. The van der Waals surface area contributed by atoms with E-state index in [2.05, 4.69) is 31.0 Å². The first kappa shape index (κ1) is 14.5. The maximum atomic E-state index is 13.8. The minimum Gasteiger partial charge on any atom is -0.311 e. The van der Waals surface area contributed by atoms with Crippen LogP contribution in [0.3, 0.4) is 0 Å². The van der Waals surface area contributed by atoms with E-state index in [-0.39, 0.29) is 5.82 Å². The molecule has 2 rings (SSSR count). The van der Waals surface area contributed by atoms with Gasteiger partial charge in [0.25, 0.3) is 0 Å². The Morgan fingerprint density at radius 3 is 2.74 bits per heavy atom. The molecule has 3 heteroatoms. The van der Waals surface area contributed by atoms with Crippen LogP contribution in [-0.2, 0) is 6.54 Å². The molecule has 0 bridgehead atoms. The van der Waals surface area contributed by atoms with Crippen LogP contribution < -0.4 is 5.32 Å². The summed E-state index contributed by atoms with van der Waals surface area (Å²) in [7, 11) is 0. The second-order valence-corrected chi connectivity index (χ2v) is 5.84. The van der Waals surface area contributed by atoms with E-state index >= 15 is 0 Å². The van der Waals surface area contributed by atoms with Crippen LogP contribution in [0, 0.1) is 11.7 Å². The smallest absolute Gasteiger partial charge is 0.127 e. The van der Waals surface area contributed by atoms with Gasteiger partial charge in [-0.2, -0.15) is 0 Å². The van der Waals surface area contributed by atoms with Crippen molar-refractivity contribution >= 4 is 0 Å². The minimum absolute atomic E-state index is 0.0861. The number of nitrogens with zero attached hydrogens (tertiary/aromatic N) is 1. The Morgan fingerprint density at radius 1 is 1.37 bits per heavy atom. The molecule has 2 nitrogen and oxygen atoms in total. The maximum Gasteiger partial charge on any atom is 0.127 e. The van der Waals surface area contributed by atoms with Gasteiger partial charge in [-0.25, -0.2) is 4.39 Å². The number of nitrogens with one attached hydrogen (secondary N) is 1. The van der Waals surface area contributed by atoms with Gasteiger partial charge in [0.2, 0.25) is 0 Å². The number of hydrogen-bond donors (Lipinski definition) is 1. The van der Waals surface area contributed by atoms with Crippen molar-refractivity contribution in [3.05, 3.63) is 35.6 Å². The van der Waals surface area contributed by atoms with Gasteiger partial charge >= 0.3 is 0 Å². The summed E-state index contributed by atoms with van der Waals surface area (Å²) in [6, 6.07) is 8.14. The largest absolute Gasteiger partial charge is 0.311 e. The van der Waals surface area contributed by atoms with E-state index < -0.39 is 0 Å². The molecule has 0 aliphatic carbocycles. The van der Waals surface area contributed by atoms with Crippen LogP contribution in [0.4, 0.5) is 4.39 Å². The number of benzene rings is 1. The molecular formula is C16H25FN2. The van der Waals surface area contributed by atoms with Gasteiger partial charge in [-0.05, 0) is 18.4 Å². The Hall–Kier alpha value is -0.930. The standard InChI is InChI=1S/C16H25FN2/c1-4-14-9-18-16(12(2)3)11-19(14)10-13-7-5-6-8-15(13)17/h5-8,12,14,16,18H,4,9-11H2,1-3H3. The van der Waals surface area contributed by atoms with Crippen molar-refractivity contribution in [2.45, 2.75) is 45.8 Å². The first-order valence-corrected chi connectivity index (χ1v) is 7.32. The summed E-state index contributed by atoms with van der Waals surface area (Å²) in [5.41, 5.74) is 0.811. The zero-order valence-electron chi connectivity index (χ0n) is 12.2. The van der Waals surface area contributed by atoms with Gasteiger partial charge in [-0.3, -0.25) is 4.90 Å². The molecule has 0 saturated carbocycles. The lowest BCUT2D eigenvalue weighted by Gasteiger charge is -2.41. The predicted octanol–water partition coefficient (Wildman–Crippen LogP) is 3.03. The number of piperazine rings is 1. The monoisotopic (exact) mass is 264 g/mol. The molecule has 106 valence electrons. The molecule has 0 spiro atoms. The molecule has 1 aliphatic heterocycles. The third-order valence-corrected chi connectivity index (χ3v) is 4.17. The SMILES string of the molecule is CCC1CNC(C(C)C)CN1Cc1ccccc1F. The van der Waals surface area contributed by atoms with Crippen molar-refractivity contribution < 1.29 is 4.39 Å². The van der Waals surface area contributed by atoms with Gasteiger partial charge in [0, 0.05) is 37.3 Å². The minimum atomic E-state index is -0.0861. The van der Waals surface area contributed by atoms with Crippen LogP contribution in [0.15, 0.2) is 24.3 Å². The molecule has 1 heterocycles. The second kappa shape index (κ2) is 6.49.